The molecule has 1 heterocycles. The van der Waals surface area contributed by atoms with Crippen molar-refractivity contribution in [2.45, 2.75) is 6.92 Å². The van der Waals surface area contributed by atoms with Crippen molar-refractivity contribution in [1.82, 2.24) is 15.0 Å². The molecule has 2 rings (SSSR count). The van der Waals surface area contributed by atoms with Crippen LogP contribution in [-0.4, -0.2) is 26.5 Å². The minimum atomic E-state index is -0.566. The molecule has 0 bridgehead atoms. The Hall–Kier alpha value is -2.97. The highest BCUT2D eigenvalue weighted by molar-refractivity contribution is 5.47. The van der Waals surface area contributed by atoms with Crippen LogP contribution in [-0.2, 0) is 0 Å². The van der Waals surface area contributed by atoms with E-state index in [0.29, 0.717) is 6.61 Å². The molecule has 0 fully saturated rings. The fourth-order valence-corrected chi connectivity index (χ4v) is 1.38. The molecule has 0 unspecified atom stereocenters. The van der Waals surface area contributed by atoms with Crippen molar-refractivity contribution >= 4 is 11.6 Å². The second-order valence-electron chi connectivity index (χ2n) is 3.52. The van der Waals surface area contributed by atoms with Crippen molar-refractivity contribution in [3.8, 4) is 17.8 Å². The molecular formula is C11H11N5O4. The molecular weight excluding hydrogens is 266 g/mol. The van der Waals surface area contributed by atoms with Gasteiger partial charge in [0.25, 0.3) is 0 Å². The summed E-state index contributed by atoms with van der Waals surface area (Å²) in [5, 5.41) is 10.9. The predicted molar refractivity (Wildman–Crippen MR) is 68.6 cm³/mol. The molecule has 9 nitrogen and oxygen atoms in total. The Morgan fingerprint density at radius 2 is 1.95 bits per heavy atom. The number of anilines is 1. The smallest absolute Gasteiger partial charge is 0.330 e. The largest absolute Gasteiger partial charge is 0.464 e. The van der Waals surface area contributed by atoms with Crippen LogP contribution in [0.1, 0.15) is 6.92 Å². The maximum absolute atomic E-state index is 10.9. The predicted octanol–water partition coefficient (Wildman–Crippen LogP) is 1.55. The molecule has 9 heteroatoms. The van der Waals surface area contributed by atoms with Gasteiger partial charge in [0.15, 0.2) is 0 Å². The number of para-hydroxylation sites is 2. The standard InChI is InChI=1S/C11H11N5O4/c1-2-19-10-13-9(12)14-11(15-10)20-8-6-4-3-5-7(8)16(17)18/h3-6H,2H2,1H3,(H2,12,13,14,15). The van der Waals surface area contributed by atoms with Crippen molar-refractivity contribution in [2.75, 3.05) is 12.3 Å². The van der Waals surface area contributed by atoms with Crippen LogP contribution in [0.4, 0.5) is 11.6 Å². The Balaban J connectivity index is 2.32. The van der Waals surface area contributed by atoms with Crippen LogP contribution < -0.4 is 15.2 Å². The highest BCUT2D eigenvalue weighted by atomic mass is 16.6. The number of nitrogens with zero attached hydrogens (tertiary/aromatic N) is 4. The highest BCUT2D eigenvalue weighted by Gasteiger charge is 2.16. The summed E-state index contributed by atoms with van der Waals surface area (Å²) < 4.78 is 10.4. The van der Waals surface area contributed by atoms with Crippen molar-refractivity contribution in [1.29, 1.82) is 0 Å². The van der Waals surface area contributed by atoms with E-state index in [-0.39, 0.29) is 29.4 Å². The number of nitrogen functional groups attached to an aromatic ring is 1. The van der Waals surface area contributed by atoms with Crippen molar-refractivity contribution < 1.29 is 14.4 Å². The number of hydrogen-bond acceptors (Lipinski definition) is 8. The van der Waals surface area contributed by atoms with Gasteiger partial charge in [-0.25, -0.2) is 0 Å². The van der Waals surface area contributed by atoms with E-state index >= 15 is 0 Å². The van der Waals surface area contributed by atoms with E-state index in [1.807, 2.05) is 0 Å². The zero-order valence-corrected chi connectivity index (χ0v) is 10.5. The van der Waals surface area contributed by atoms with Gasteiger partial charge in [-0.2, -0.15) is 9.97 Å². The Morgan fingerprint density at radius 3 is 2.65 bits per heavy atom. The lowest BCUT2D eigenvalue weighted by atomic mass is 10.3. The van der Waals surface area contributed by atoms with Gasteiger partial charge in [-0.05, 0) is 13.0 Å². The molecule has 20 heavy (non-hydrogen) atoms. The lowest BCUT2D eigenvalue weighted by Gasteiger charge is -2.06. The van der Waals surface area contributed by atoms with E-state index in [1.54, 1.807) is 13.0 Å². The number of nitro benzene ring substituents is 1. The first-order valence-electron chi connectivity index (χ1n) is 5.65. The molecule has 0 saturated carbocycles. The summed E-state index contributed by atoms with van der Waals surface area (Å²) in [6.45, 7) is 2.09. The van der Waals surface area contributed by atoms with Gasteiger partial charge in [0.2, 0.25) is 11.7 Å². The molecule has 0 amide bonds. The van der Waals surface area contributed by atoms with Crippen LogP contribution in [0, 0.1) is 10.1 Å². The van der Waals surface area contributed by atoms with Gasteiger partial charge in [0.1, 0.15) is 0 Å². The van der Waals surface area contributed by atoms with Gasteiger partial charge in [-0.1, -0.05) is 12.1 Å². The maximum Gasteiger partial charge on any atom is 0.330 e. The Morgan fingerprint density at radius 1 is 1.25 bits per heavy atom. The first-order valence-corrected chi connectivity index (χ1v) is 5.65. The number of aromatic nitrogens is 3. The summed E-state index contributed by atoms with van der Waals surface area (Å²) in [5.74, 6) is -0.0948. The molecule has 0 aliphatic rings. The lowest BCUT2D eigenvalue weighted by molar-refractivity contribution is -0.385. The van der Waals surface area contributed by atoms with Gasteiger partial charge in [0, 0.05) is 6.07 Å². The second kappa shape index (κ2) is 5.78. The van der Waals surface area contributed by atoms with Gasteiger partial charge in [-0.3, -0.25) is 10.1 Å². The van der Waals surface area contributed by atoms with Gasteiger partial charge >= 0.3 is 17.7 Å². The van der Waals surface area contributed by atoms with E-state index < -0.39 is 4.92 Å². The van der Waals surface area contributed by atoms with Crippen LogP contribution in [0.2, 0.25) is 0 Å². The summed E-state index contributed by atoms with van der Waals surface area (Å²) in [4.78, 5) is 21.6. The maximum atomic E-state index is 10.9. The summed E-state index contributed by atoms with van der Waals surface area (Å²) in [6.07, 6.45) is 0. The fourth-order valence-electron chi connectivity index (χ4n) is 1.38. The summed E-state index contributed by atoms with van der Waals surface area (Å²) >= 11 is 0. The van der Waals surface area contributed by atoms with Crippen molar-refractivity contribution in [2.24, 2.45) is 0 Å². The number of rotatable bonds is 5. The number of nitro groups is 1. The molecule has 0 saturated heterocycles. The SMILES string of the molecule is CCOc1nc(N)nc(Oc2ccccc2[N+](=O)[O-])n1. The lowest BCUT2D eigenvalue weighted by Crippen LogP contribution is -2.05. The third kappa shape index (κ3) is 3.07. The summed E-state index contributed by atoms with van der Waals surface area (Å²) in [6, 6.07) is 5.68. The van der Waals surface area contributed by atoms with Crippen LogP contribution in [0.25, 0.3) is 0 Å². The molecule has 1 aromatic heterocycles. The van der Waals surface area contributed by atoms with E-state index in [2.05, 4.69) is 15.0 Å². The third-order valence-corrected chi connectivity index (χ3v) is 2.15. The van der Waals surface area contributed by atoms with Crippen LogP contribution in [0.3, 0.4) is 0 Å². The zero-order chi connectivity index (χ0) is 14.5. The average Bonchev–Trinajstić information content (AvgIpc) is 2.38. The minimum absolute atomic E-state index is 0.00514. The normalized spacial score (nSPS) is 10.1. The van der Waals surface area contributed by atoms with E-state index in [0.717, 1.165) is 0 Å². The van der Waals surface area contributed by atoms with Crippen LogP contribution in [0.15, 0.2) is 24.3 Å². The Kier molecular flexibility index (Phi) is 3.89. The molecule has 0 aliphatic carbocycles. The first kappa shape index (κ1) is 13.5. The van der Waals surface area contributed by atoms with Crippen molar-refractivity contribution in [3.05, 3.63) is 34.4 Å². The van der Waals surface area contributed by atoms with Crippen molar-refractivity contribution in [3.63, 3.8) is 0 Å². The van der Waals surface area contributed by atoms with Gasteiger partial charge in [0.05, 0.1) is 11.5 Å². The molecule has 0 spiro atoms. The molecule has 0 aliphatic heterocycles. The van der Waals surface area contributed by atoms with E-state index in [4.69, 9.17) is 15.2 Å². The van der Waals surface area contributed by atoms with Gasteiger partial charge in [-0.15, -0.1) is 4.98 Å². The molecule has 2 aromatic rings. The molecule has 2 N–H and O–H groups in total. The summed E-state index contributed by atoms with van der Waals surface area (Å²) in [5.41, 5.74) is 5.28. The number of hydrogen-bond donors (Lipinski definition) is 1. The number of ether oxygens (including phenoxy) is 2. The molecule has 1 aromatic carbocycles. The zero-order valence-electron chi connectivity index (χ0n) is 10.5. The molecule has 0 atom stereocenters. The van der Waals surface area contributed by atoms with Crippen LogP contribution >= 0.6 is 0 Å². The minimum Gasteiger partial charge on any atom is -0.464 e. The number of nitrogens with two attached hydrogens (primary N) is 1. The monoisotopic (exact) mass is 277 g/mol. The average molecular weight is 277 g/mol. The fraction of sp³-hybridized carbons (Fsp3) is 0.182. The quantitative estimate of drug-likeness (QED) is 0.644. The van der Waals surface area contributed by atoms with E-state index in [1.165, 1.54) is 18.2 Å². The third-order valence-electron chi connectivity index (χ3n) is 2.15. The second-order valence-corrected chi connectivity index (χ2v) is 3.52. The van der Waals surface area contributed by atoms with E-state index in [9.17, 15) is 10.1 Å². The Bertz CT molecular complexity index is 634. The molecule has 0 radical (unpaired) electrons. The number of benzene rings is 1. The highest BCUT2D eigenvalue weighted by Crippen LogP contribution is 2.29. The van der Waals surface area contributed by atoms with Gasteiger partial charge < -0.3 is 15.2 Å². The first-order chi connectivity index (χ1) is 9.60. The van der Waals surface area contributed by atoms with Crippen LogP contribution in [0.5, 0.6) is 17.8 Å². The topological polar surface area (TPSA) is 126 Å². The Labute approximate surface area is 113 Å². The molecule has 104 valence electrons. The summed E-state index contributed by atoms with van der Waals surface area (Å²) in [7, 11) is 0.